The predicted octanol–water partition coefficient (Wildman–Crippen LogP) is 1.94. The molecule has 0 aromatic carbocycles. The number of rotatable bonds is 5. The van der Waals surface area contributed by atoms with Crippen molar-refractivity contribution in [2.24, 2.45) is 5.92 Å². The molecule has 9 heteroatoms. The molecule has 3 aromatic heterocycles. The summed E-state index contributed by atoms with van der Waals surface area (Å²) >= 11 is 0. The Morgan fingerprint density at radius 3 is 2.71 bits per heavy atom. The summed E-state index contributed by atoms with van der Waals surface area (Å²) in [7, 11) is 1.69. The number of carbonyl (C=O) groups excluding carboxylic acids is 1. The van der Waals surface area contributed by atoms with E-state index in [1.807, 2.05) is 11.5 Å². The van der Waals surface area contributed by atoms with Crippen LogP contribution in [0.2, 0.25) is 0 Å². The summed E-state index contributed by atoms with van der Waals surface area (Å²) in [4.78, 5) is 34.2. The Morgan fingerprint density at radius 1 is 1.21 bits per heavy atom. The van der Waals surface area contributed by atoms with Gasteiger partial charge in [0.05, 0.1) is 5.56 Å². The van der Waals surface area contributed by atoms with Crippen molar-refractivity contribution in [3.63, 3.8) is 0 Å². The van der Waals surface area contributed by atoms with E-state index in [0.29, 0.717) is 5.82 Å². The molecule has 1 saturated carbocycles. The summed E-state index contributed by atoms with van der Waals surface area (Å²) < 4.78 is 2.04. The number of hydrogen-bond donors (Lipinski definition) is 2. The van der Waals surface area contributed by atoms with E-state index in [1.54, 1.807) is 25.8 Å². The largest absolute Gasteiger partial charge is 0.365 e. The topological polar surface area (TPSA) is 111 Å². The molecule has 1 aliphatic rings. The third-order valence-electron chi connectivity index (χ3n) is 5.28. The van der Waals surface area contributed by atoms with Gasteiger partial charge >= 0.3 is 0 Å². The number of aryl methyl sites for hydroxylation is 2. The first-order valence-corrected chi connectivity index (χ1v) is 9.59. The van der Waals surface area contributed by atoms with Crippen molar-refractivity contribution in [3.05, 3.63) is 24.5 Å². The zero-order valence-corrected chi connectivity index (χ0v) is 16.3. The first-order chi connectivity index (χ1) is 13.6. The molecule has 0 bridgehead atoms. The van der Waals surface area contributed by atoms with Crippen molar-refractivity contribution in [2.45, 2.75) is 45.7 Å². The maximum absolute atomic E-state index is 11.9. The van der Waals surface area contributed by atoms with Crippen LogP contribution < -0.4 is 10.6 Å². The van der Waals surface area contributed by atoms with Gasteiger partial charge < -0.3 is 15.2 Å². The summed E-state index contributed by atoms with van der Waals surface area (Å²) in [5, 5.41) is 6.22. The summed E-state index contributed by atoms with van der Waals surface area (Å²) in [5.74, 6) is 2.35. The van der Waals surface area contributed by atoms with Crippen molar-refractivity contribution in [2.75, 3.05) is 12.4 Å². The van der Waals surface area contributed by atoms with Crippen LogP contribution in [0.1, 0.15) is 32.0 Å². The maximum atomic E-state index is 11.9. The summed E-state index contributed by atoms with van der Waals surface area (Å²) in [6.45, 7) is 4.63. The van der Waals surface area contributed by atoms with Gasteiger partial charge in [0.15, 0.2) is 17.0 Å². The lowest BCUT2D eigenvalue weighted by Crippen LogP contribution is -2.27. The number of nitrogens with one attached hydrogen (secondary N) is 2. The highest BCUT2D eigenvalue weighted by Gasteiger charge is 2.30. The molecule has 4 rings (SSSR count). The fourth-order valence-corrected chi connectivity index (χ4v) is 3.82. The van der Waals surface area contributed by atoms with E-state index in [1.165, 1.54) is 0 Å². The van der Waals surface area contributed by atoms with Crippen LogP contribution in [0.15, 0.2) is 18.7 Å². The van der Waals surface area contributed by atoms with Crippen LogP contribution >= 0.6 is 0 Å². The minimum Gasteiger partial charge on any atom is -0.365 e. The van der Waals surface area contributed by atoms with Crippen molar-refractivity contribution in [1.82, 2.24) is 34.8 Å². The summed E-state index contributed by atoms with van der Waals surface area (Å²) in [6, 6.07) is 0.193. The number of aromatic nitrogens is 6. The SMILES string of the molecule is CCn1c(-c2cnc(C)nc2)nc2c(NC3CCC(C(=O)NC)C3)ncnc21. The van der Waals surface area contributed by atoms with Gasteiger partial charge in [-0.1, -0.05) is 0 Å². The highest BCUT2D eigenvalue weighted by atomic mass is 16.1. The van der Waals surface area contributed by atoms with E-state index in [0.717, 1.165) is 54.2 Å². The molecule has 2 unspecified atom stereocenters. The number of nitrogens with zero attached hydrogens (tertiary/aromatic N) is 6. The smallest absolute Gasteiger partial charge is 0.222 e. The molecule has 28 heavy (non-hydrogen) atoms. The molecule has 2 atom stereocenters. The molecule has 146 valence electrons. The molecule has 9 nitrogen and oxygen atoms in total. The zero-order chi connectivity index (χ0) is 19.7. The van der Waals surface area contributed by atoms with E-state index in [9.17, 15) is 4.79 Å². The molecule has 1 fully saturated rings. The van der Waals surface area contributed by atoms with Crippen LogP contribution in [0.25, 0.3) is 22.6 Å². The van der Waals surface area contributed by atoms with E-state index < -0.39 is 0 Å². The second-order valence-electron chi connectivity index (χ2n) is 7.06. The molecule has 1 aliphatic carbocycles. The fraction of sp³-hybridized carbons (Fsp3) is 0.474. The lowest BCUT2D eigenvalue weighted by atomic mass is 10.1. The number of amides is 1. The minimum absolute atomic E-state index is 0.0493. The molecule has 0 radical (unpaired) electrons. The third-order valence-corrected chi connectivity index (χ3v) is 5.28. The standard InChI is InChI=1S/C19H24N8O/c1-4-27-17(13-8-21-11(2)22-9-13)26-15-16(23-10-24-18(15)27)25-14-6-5-12(7-14)19(28)20-3/h8-10,12,14H,4-7H2,1-3H3,(H,20,28)(H,23,24,25). The normalized spacial score (nSPS) is 19.1. The van der Waals surface area contributed by atoms with E-state index >= 15 is 0 Å². The molecule has 3 aromatic rings. The van der Waals surface area contributed by atoms with Crippen molar-refractivity contribution >= 4 is 22.9 Å². The fourth-order valence-electron chi connectivity index (χ4n) is 3.82. The van der Waals surface area contributed by atoms with Crippen LogP contribution in [0, 0.1) is 12.8 Å². The van der Waals surface area contributed by atoms with Gasteiger partial charge in [-0.25, -0.2) is 24.9 Å². The maximum Gasteiger partial charge on any atom is 0.222 e. The Labute approximate surface area is 163 Å². The highest BCUT2D eigenvalue weighted by molar-refractivity contribution is 5.86. The van der Waals surface area contributed by atoms with Gasteiger partial charge in [0, 0.05) is 37.9 Å². The van der Waals surface area contributed by atoms with Crippen LogP contribution in [0.3, 0.4) is 0 Å². The first-order valence-electron chi connectivity index (χ1n) is 9.59. The summed E-state index contributed by atoms with van der Waals surface area (Å²) in [6.07, 6.45) is 7.71. The molecule has 2 N–H and O–H groups in total. The van der Waals surface area contributed by atoms with Gasteiger partial charge in [0.25, 0.3) is 0 Å². The van der Waals surface area contributed by atoms with Gasteiger partial charge in [0.1, 0.15) is 18.0 Å². The van der Waals surface area contributed by atoms with Crippen molar-refractivity contribution in [1.29, 1.82) is 0 Å². The Balaban J connectivity index is 1.67. The van der Waals surface area contributed by atoms with Crippen molar-refractivity contribution < 1.29 is 4.79 Å². The average molecular weight is 380 g/mol. The number of hydrogen-bond acceptors (Lipinski definition) is 7. The molecule has 3 heterocycles. The van der Waals surface area contributed by atoms with E-state index in [-0.39, 0.29) is 17.9 Å². The lowest BCUT2D eigenvalue weighted by Gasteiger charge is -2.13. The van der Waals surface area contributed by atoms with Gasteiger partial charge in [-0.05, 0) is 33.1 Å². The van der Waals surface area contributed by atoms with Gasteiger partial charge in [0.2, 0.25) is 5.91 Å². The predicted molar refractivity (Wildman–Crippen MR) is 106 cm³/mol. The van der Waals surface area contributed by atoms with E-state index in [4.69, 9.17) is 4.98 Å². The third kappa shape index (κ3) is 3.28. The van der Waals surface area contributed by atoms with Crippen LogP contribution in [-0.4, -0.2) is 48.5 Å². The van der Waals surface area contributed by atoms with Gasteiger partial charge in [-0.15, -0.1) is 0 Å². The molecule has 0 spiro atoms. The van der Waals surface area contributed by atoms with Crippen LogP contribution in [-0.2, 0) is 11.3 Å². The second-order valence-corrected chi connectivity index (χ2v) is 7.06. The average Bonchev–Trinajstić information content (AvgIpc) is 3.33. The second kappa shape index (κ2) is 7.49. The Morgan fingerprint density at radius 2 is 2.00 bits per heavy atom. The van der Waals surface area contributed by atoms with Crippen LogP contribution in [0.5, 0.6) is 0 Å². The summed E-state index contributed by atoms with van der Waals surface area (Å²) in [5.41, 5.74) is 2.34. The monoisotopic (exact) mass is 380 g/mol. The molecule has 0 saturated heterocycles. The van der Waals surface area contributed by atoms with Crippen molar-refractivity contribution in [3.8, 4) is 11.4 Å². The molecular weight excluding hydrogens is 356 g/mol. The number of anilines is 1. The molecular formula is C19H24N8O. The Hall–Kier alpha value is -3.10. The molecule has 0 aliphatic heterocycles. The Kier molecular flexibility index (Phi) is 4.89. The van der Waals surface area contributed by atoms with E-state index in [2.05, 4.69) is 37.5 Å². The van der Waals surface area contributed by atoms with Gasteiger partial charge in [-0.2, -0.15) is 0 Å². The van der Waals surface area contributed by atoms with Crippen LogP contribution in [0.4, 0.5) is 5.82 Å². The first kappa shape index (κ1) is 18.3. The number of imidazole rings is 1. The minimum atomic E-state index is 0.0493. The van der Waals surface area contributed by atoms with Gasteiger partial charge in [-0.3, -0.25) is 4.79 Å². The number of fused-ring (bicyclic) bond motifs is 1. The molecule has 1 amide bonds. The Bertz CT molecular complexity index is 997. The lowest BCUT2D eigenvalue weighted by molar-refractivity contribution is -0.124. The highest BCUT2D eigenvalue weighted by Crippen LogP contribution is 2.31. The number of carbonyl (C=O) groups is 1. The quantitative estimate of drug-likeness (QED) is 0.696. The zero-order valence-electron chi connectivity index (χ0n) is 16.3.